The minimum absolute atomic E-state index is 0.169. The van der Waals surface area contributed by atoms with Crippen LogP contribution in [0.3, 0.4) is 0 Å². The van der Waals surface area contributed by atoms with Crippen LogP contribution in [-0.4, -0.2) is 19.6 Å². The second kappa shape index (κ2) is 5.38. The lowest BCUT2D eigenvalue weighted by Crippen LogP contribution is -1.90. The maximum absolute atomic E-state index is 9.28. The highest BCUT2D eigenvalue weighted by atomic mass is 32.2. The number of aromatic nitrogens is 3. The maximum Gasteiger partial charge on any atom is 0.133 e. The first kappa shape index (κ1) is 12.7. The van der Waals surface area contributed by atoms with E-state index < -0.39 is 0 Å². The van der Waals surface area contributed by atoms with Gasteiger partial charge in [-0.05, 0) is 23.9 Å². The Hall–Kier alpha value is -2.27. The van der Waals surface area contributed by atoms with Crippen LogP contribution >= 0.6 is 11.8 Å². The predicted octanol–water partition coefficient (Wildman–Crippen LogP) is 3.34. The SMILES string of the molecule is Cn1cnc(-c2ccccc2)c1Sc1ccc(O)cn1. The van der Waals surface area contributed by atoms with Crippen LogP contribution in [0.1, 0.15) is 0 Å². The minimum atomic E-state index is 0.169. The van der Waals surface area contributed by atoms with Gasteiger partial charge in [-0.3, -0.25) is 0 Å². The number of aromatic hydroxyl groups is 1. The van der Waals surface area contributed by atoms with E-state index in [1.54, 1.807) is 18.5 Å². The molecule has 0 aliphatic rings. The van der Waals surface area contributed by atoms with Crippen molar-refractivity contribution < 1.29 is 5.11 Å². The summed E-state index contributed by atoms with van der Waals surface area (Å²) in [7, 11) is 1.96. The first-order valence-corrected chi connectivity index (χ1v) is 6.95. The number of benzene rings is 1. The number of rotatable bonds is 3. The van der Waals surface area contributed by atoms with E-state index in [9.17, 15) is 5.11 Å². The molecule has 5 heteroatoms. The molecule has 2 heterocycles. The highest BCUT2D eigenvalue weighted by Gasteiger charge is 2.13. The zero-order valence-electron chi connectivity index (χ0n) is 10.9. The van der Waals surface area contributed by atoms with Crippen molar-refractivity contribution >= 4 is 11.8 Å². The van der Waals surface area contributed by atoms with Crippen LogP contribution in [0.2, 0.25) is 0 Å². The lowest BCUT2D eigenvalue weighted by atomic mass is 10.2. The normalized spacial score (nSPS) is 10.7. The van der Waals surface area contributed by atoms with Gasteiger partial charge in [0.1, 0.15) is 21.5 Å². The highest BCUT2D eigenvalue weighted by molar-refractivity contribution is 7.99. The summed E-state index contributed by atoms with van der Waals surface area (Å²) < 4.78 is 1.97. The van der Waals surface area contributed by atoms with Gasteiger partial charge < -0.3 is 9.67 Å². The van der Waals surface area contributed by atoms with Crippen LogP contribution in [0.15, 0.2) is 65.0 Å². The Kier molecular flexibility index (Phi) is 3.43. The van der Waals surface area contributed by atoms with E-state index in [0.29, 0.717) is 0 Å². The van der Waals surface area contributed by atoms with E-state index in [1.165, 1.54) is 18.0 Å². The summed E-state index contributed by atoms with van der Waals surface area (Å²) in [6, 6.07) is 13.5. The molecule has 0 saturated heterocycles. The van der Waals surface area contributed by atoms with Crippen molar-refractivity contribution in [2.24, 2.45) is 7.05 Å². The molecule has 0 aliphatic carbocycles. The van der Waals surface area contributed by atoms with Crippen molar-refractivity contribution in [3.63, 3.8) is 0 Å². The average molecular weight is 283 g/mol. The Morgan fingerprint density at radius 3 is 2.55 bits per heavy atom. The fourth-order valence-electron chi connectivity index (χ4n) is 1.87. The van der Waals surface area contributed by atoms with E-state index in [4.69, 9.17) is 0 Å². The van der Waals surface area contributed by atoms with Gasteiger partial charge in [-0.1, -0.05) is 30.3 Å². The average Bonchev–Trinajstić information content (AvgIpc) is 2.84. The van der Waals surface area contributed by atoms with Crippen LogP contribution in [-0.2, 0) is 7.05 Å². The predicted molar refractivity (Wildman–Crippen MR) is 78.7 cm³/mol. The van der Waals surface area contributed by atoms with E-state index in [1.807, 2.05) is 41.9 Å². The molecule has 0 bridgehead atoms. The summed E-state index contributed by atoms with van der Waals surface area (Å²) in [4.78, 5) is 8.67. The number of aryl methyl sites for hydroxylation is 1. The molecule has 0 fully saturated rings. The molecule has 0 radical (unpaired) electrons. The van der Waals surface area contributed by atoms with Crippen molar-refractivity contribution in [2.75, 3.05) is 0 Å². The van der Waals surface area contributed by atoms with Gasteiger partial charge in [0.25, 0.3) is 0 Å². The molecule has 0 saturated carbocycles. The molecule has 20 heavy (non-hydrogen) atoms. The molecule has 1 aromatic carbocycles. The first-order valence-electron chi connectivity index (χ1n) is 6.13. The van der Waals surface area contributed by atoms with E-state index >= 15 is 0 Å². The van der Waals surface area contributed by atoms with Crippen LogP contribution in [0.25, 0.3) is 11.3 Å². The van der Waals surface area contributed by atoms with E-state index in [0.717, 1.165) is 21.3 Å². The fourth-order valence-corrected chi connectivity index (χ4v) is 2.76. The molecule has 1 N–H and O–H groups in total. The smallest absolute Gasteiger partial charge is 0.133 e. The molecule has 0 spiro atoms. The second-order valence-electron chi connectivity index (χ2n) is 4.33. The van der Waals surface area contributed by atoms with E-state index in [-0.39, 0.29) is 5.75 Å². The molecule has 0 amide bonds. The maximum atomic E-state index is 9.28. The lowest BCUT2D eigenvalue weighted by molar-refractivity contribution is 0.471. The zero-order chi connectivity index (χ0) is 13.9. The molecule has 100 valence electrons. The first-order chi connectivity index (χ1) is 9.74. The molecule has 2 aromatic heterocycles. The number of pyridine rings is 1. The molecule has 3 aromatic rings. The van der Waals surface area contributed by atoms with E-state index in [2.05, 4.69) is 9.97 Å². The standard InChI is InChI=1S/C15H13N3OS/c1-18-10-17-14(11-5-3-2-4-6-11)15(18)20-13-8-7-12(19)9-16-13/h2-10,19H,1H3. The Bertz CT molecular complexity index is 708. The Labute approximate surface area is 121 Å². The summed E-state index contributed by atoms with van der Waals surface area (Å²) in [5.41, 5.74) is 2.02. The van der Waals surface area contributed by atoms with Crippen molar-refractivity contribution in [3.8, 4) is 17.0 Å². The summed E-state index contributed by atoms with van der Waals surface area (Å²) in [5, 5.41) is 11.1. The molecular formula is C15H13N3OS. The quantitative estimate of drug-likeness (QED) is 0.801. The van der Waals surface area contributed by atoms with Gasteiger partial charge in [0, 0.05) is 12.6 Å². The van der Waals surface area contributed by atoms with Crippen LogP contribution < -0.4 is 0 Å². The molecule has 4 nitrogen and oxygen atoms in total. The summed E-state index contributed by atoms with van der Waals surface area (Å²) >= 11 is 1.53. The number of hydrogen-bond acceptors (Lipinski definition) is 4. The van der Waals surface area contributed by atoms with Crippen molar-refractivity contribution in [3.05, 3.63) is 55.0 Å². The summed E-state index contributed by atoms with van der Waals surface area (Å²) in [6.07, 6.45) is 3.24. The van der Waals surface area contributed by atoms with Gasteiger partial charge in [-0.15, -0.1) is 0 Å². The third-order valence-electron chi connectivity index (χ3n) is 2.85. The highest BCUT2D eigenvalue weighted by Crippen LogP contribution is 2.34. The number of hydrogen-bond donors (Lipinski definition) is 1. The Morgan fingerprint density at radius 1 is 1.05 bits per heavy atom. The topological polar surface area (TPSA) is 50.9 Å². The van der Waals surface area contributed by atoms with Crippen molar-refractivity contribution in [1.29, 1.82) is 0 Å². The van der Waals surface area contributed by atoms with Crippen molar-refractivity contribution in [2.45, 2.75) is 10.1 Å². The number of imidazole rings is 1. The van der Waals surface area contributed by atoms with Crippen LogP contribution in [0, 0.1) is 0 Å². The summed E-state index contributed by atoms with van der Waals surface area (Å²) in [6.45, 7) is 0. The Morgan fingerprint density at radius 2 is 1.85 bits per heavy atom. The third-order valence-corrected chi connectivity index (χ3v) is 3.98. The van der Waals surface area contributed by atoms with Gasteiger partial charge >= 0.3 is 0 Å². The molecule has 0 atom stereocenters. The van der Waals surface area contributed by atoms with Crippen molar-refractivity contribution in [1.82, 2.24) is 14.5 Å². The van der Waals surface area contributed by atoms with Gasteiger partial charge in [-0.25, -0.2) is 9.97 Å². The molecule has 0 unspecified atom stereocenters. The summed E-state index contributed by atoms with van der Waals surface area (Å²) in [5.74, 6) is 0.169. The molecule has 3 rings (SSSR count). The van der Waals surface area contributed by atoms with Crippen LogP contribution in [0.4, 0.5) is 0 Å². The molecular weight excluding hydrogens is 270 g/mol. The minimum Gasteiger partial charge on any atom is -0.506 e. The van der Waals surface area contributed by atoms with Gasteiger partial charge in [-0.2, -0.15) is 0 Å². The largest absolute Gasteiger partial charge is 0.506 e. The Balaban J connectivity index is 1.97. The zero-order valence-corrected chi connectivity index (χ0v) is 11.7. The fraction of sp³-hybridized carbons (Fsp3) is 0.0667. The van der Waals surface area contributed by atoms with Gasteiger partial charge in [0.2, 0.25) is 0 Å². The monoisotopic (exact) mass is 283 g/mol. The second-order valence-corrected chi connectivity index (χ2v) is 5.34. The molecule has 0 aliphatic heterocycles. The van der Waals surface area contributed by atoms with Crippen LogP contribution in [0.5, 0.6) is 5.75 Å². The lowest BCUT2D eigenvalue weighted by Gasteiger charge is -2.05. The number of nitrogens with zero attached hydrogens (tertiary/aromatic N) is 3. The van der Waals surface area contributed by atoms with Gasteiger partial charge in [0.05, 0.1) is 12.5 Å². The van der Waals surface area contributed by atoms with Gasteiger partial charge in [0.15, 0.2) is 0 Å². The third kappa shape index (κ3) is 2.53.